The lowest BCUT2D eigenvalue weighted by molar-refractivity contribution is -0.116. The molecule has 0 fully saturated rings. The zero-order valence-corrected chi connectivity index (χ0v) is 14.6. The zero-order chi connectivity index (χ0) is 18.2. The molecule has 0 saturated carbocycles. The number of rotatable bonds is 7. The Hall–Kier alpha value is -2.82. The van der Waals surface area contributed by atoms with Crippen molar-refractivity contribution >= 4 is 12.0 Å². The molecule has 2 aromatic carbocycles. The maximum atomic E-state index is 13.6. The molecule has 0 saturated heterocycles. The highest BCUT2D eigenvalue weighted by Gasteiger charge is 2.04. The summed E-state index contributed by atoms with van der Waals surface area (Å²) >= 11 is 0. The van der Waals surface area contributed by atoms with Crippen molar-refractivity contribution in [2.45, 2.75) is 13.3 Å². The van der Waals surface area contributed by atoms with Gasteiger partial charge in [-0.2, -0.15) is 0 Å². The van der Waals surface area contributed by atoms with E-state index < -0.39 is 5.82 Å². The van der Waals surface area contributed by atoms with Crippen molar-refractivity contribution < 1.29 is 18.7 Å². The highest BCUT2D eigenvalue weighted by Crippen LogP contribution is 2.20. The van der Waals surface area contributed by atoms with Crippen LogP contribution in [0.4, 0.5) is 4.39 Å². The number of carbonyl (C=O) groups is 1. The molecule has 2 aromatic rings. The van der Waals surface area contributed by atoms with Crippen LogP contribution in [0, 0.1) is 12.7 Å². The van der Waals surface area contributed by atoms with E-state index in [1.54, 1.807) is 19.3 Å². The van der Waals surface area contributed by atoms with Crippen LogP contribution in [0.3, 0.4) is 0 Å². The molecule has 25 heavy (non-hydrogen) atoms. The van der Waals surface area contributed by atoms with Gasteiger partial charge in [0, 0.05) is 12.6 Å². The fourth-order valence-electron chi connectivity index (χ4n) is 2.44. The first-order valence-electron chi connectivity index (χ1n) is 7.96. The van der Waals surface area contributed by atoms with Gasteiger partial charge < -0.3 is 14.8 Å². The summed E-state index contributed by atoms with van der Waals surface area (Å²) in [7, 11) is 3.04. The van der Waals surface area contributed by atoms with Crippen LogP contribution in [0.2, 0.25) is 0 Å². The Balaban J connectivity index is 1.88. The van der Waals surface area contributed by atoms with Crippen molar-refractivity contribution in [3.63, 3.8) is 0 Å². The number of hydrogen-bond acceptors (Lipinski definition) is 3. The molecule has 5 heteroatoms. The maximum absolute atomic E-state index is 13.6. The first-order chi connectivity index (χ1) is 12.0. The van der Waals surface area contributed by atoms with Crippen LogP contribution in [0.5, 0.6) is 11.5 Å². The molecule has 0 heterocycles. The molecular weight excluding hydrogens is 321 g/mol. The summed E-state index contributed by atoms with van der Waals surface area (Å²) in [5, 5.41) is 2.81. The van der Waals surface area contributed by atoms with Gasteiger partial charge in [-0.05, 0) is 48.7 Å². The third-order valence-electron chi connectivity index (χ3n) is 3.73. The van der Waals surface area contributed by atoms with Gasteiger partial charge in [0.2, 0.25) is 5.91 Å². The third-order valence-corrected chi connectivity index (χ3v) is 3.73. The number of aryl methyl sites for hydroxylation is 1. The van der Waals surface area contributed by atoms with Gasteiger partial charge in [0.25, 0.3) is 0 Å². The molecule has 0 spiro atoms. The number of nitrogens with one attached hydrogen (secondary N) is 1. The number of benzene rings is 2. The number of halogens is 1. The topological polar surface area (TPSA) is 47.6 Å². The van der Waals surface area contributed by atoms with Gasteiger partial charge in [-0.3, -0.25) is 4.79 Å². The molecule has 0 bridgehead atoms. The number of methoxy groups -OCH3 is 2. The van der Waals surface area contributed by atoms with E-state index in [0.717, 1.165) is 16.9 Å². The van der Waals surface area contributed by atoms with Crippen molar-refractivity contribution in [2.24, 2.45) is 0 Å². The van der Waals surface area contributed by atoms with Crippen molar-refractivity contribution in [3.05, 3.63) is 65.0 Å². The maximum Gasteiger partial charge on any atom is 0.244 e. The first-order valence-corrected chi connectivity index (χ1v) is 7.96. The summed E-state index contributed by atoms with van der Waals surface area (Å²) in [4.78, 5) is 11.9. The second-order valence-corrected chi connectivity index (χ2v) is 5.58. The van der Waals surface area contributed by atoms with Crippen LogP contribution in [-0.2, 0) is 11.2 Å². The molecule has 4 nitrogen and oxygen atoms in total. The fourth-order valence-corrected chi connectivity index (χ4v) is 2.44. The summed E-state index contributed by atoms with van der Waals surface area (Å²) in [6, 6.07) is 10.5. The van der Waals surface area contributed by atoms with Crippen molar-refractivity contribution in [2.75, 3.05) is 20.8 Å². The van der Waals surface area contributed by atoms with E-state index in [4.69, 9.17) is 9.47 Å². The molecule has 2 rings (SSSR count). The van der Waals surface area contributed by atoms with Gasteiger partial charge in [0.1, 0.15) is 5.75 Å². The standard InChI is InChI=1S/C20H22FNO3/c1-14-4-7-18(24-2)16(12-14)10-11-22-20(23)9-6-15-5-8-19(25-3)17(21)13-15/h4-9,12-13H,10-11H2,1-3H3,(H,22,23)/b9-6+. The summed E-state index contributed by atoms with van der Waals surface area (Å²) in [5.74, 6) is 0.289. The summed E-state index contributed by atoms with van der Waals surface area (Å²) < 4.78 is 23.8. The minimum atomic E-state index is -0.461. The molecule has 0 aliphatic carbocycles. The smallest absolute Gasteiger partial charge is 0.244 e. The average Bonchev–Trinajstić information content (AvgIpc) is 2.60. The van der Waals surface area contributed by atoms with E-state index in [1.807, 2.05) is 25.1 Å². The van der Waals surface area contributed by atoms with Crippen molar-refractivity contribution in [1.82, 2.24) is 5.32 Å². The average molecular weight is 343 g/mol. The molecule has 0 aromatic heterocycles. The quantitative estimate of drug-likeness (QED) is 0.783. The minimum absolute atomic E-state index is 0.175. The van der Waals surface area contributed by atoms with E-state index in [0.29, 0.717) is 18.5 Å². The van der Waals surface area contributed by atoms with Crippen LogP contribution in [0.25, 0.3) is 6.08 Å². The van der Waals surface area contributed by atoms with E-state index in [1.165, 1.54) is 25.3 Å². The van der Waals surface area contributed by atoms with Gasteiger partial charge in [0.15, 0.2) is 11.6 Å². The minimum Gasteiger partial charge on any atom is -0.496 e. The molecule has 132 valence electrons. The van der Waals surface area contributed by atoms with Gasteiger partial charge in [-0.15, -0.1) is 0 Å². The molecule has 0 atom stereocenters. The fraction of sp³-hybridized carbons (Fsp3) is 0.250. The number of hydrogen-bond donors (Lipinski definition) is 1. The van der Waals surface area contributed by atoms with E-state index in [-0.39, 0.29) is 11.7 Å². The third kappa shape index (κ3) is 5.35. The molecule has 0 unspecified atom stereocenters. The molecule has 1 amide bonds. The van der Waals surface area contributed by atoms with Crippen molar-refractivity contribution in [1.29, 1.82) is 0 Å². The molecule has 1 N–H and O–H groups in total. The lowest BCUT2D eigenvalue weighted by Gasteiger charge is -2.09. The Kier molecular flexibility index (Phi) is 6.57. The lowest BCUT2D eigenvalue weighted by atomic mass is 10.1. The van der Waals surface area contributed by atoms with Gasteiger partial charge >= 0.3 is 0 Å². The van der Waals surface area contributed by atoms with Crippen LogP contribution >= 0.6 is 0 Å². The molecule has 0 aliphatic heterocycles. The largest absolute Gasteiger partial charge is 0.496 e. The predicted octanol–water partition coefficient (Wildman–Crippen LogP) is 3.52. The summed E-state index contributed by atoms with van der Waals surface area (Å²) in [6.07, 6.45) is 3.61. The van der Waals surface area contributed by atoms with Crippen molar-refractivity contribution in [3.8, 4) is 11.5 Å². The molecular formula is C20H22FNO3. The number of amides is 1. The van der Waals surface area contributed by atoms with Crippen LogP contribution in [-0.4, -0.2) is 26.7 Å². The summed E-state index contributed by atoms with van der Waals surface area (Å²) in [5.41, 5.74) is 2.78. The van der Waals surface area contributed by atoms with Crippen LogP contribution in [0.15, 0.2) is 42.5 Å². The van der Waals surface area contributed by atoms with Crippen LogP contribution in [0.1, 0.15) is 16.7 Å². The van der Waals surface area contributed by atoms with Gasteiger partial charge in [-0.25, -0.2) is 4.39 Å². The van der Waals surface area contributed by atoms with E-state index in [9.17, 15) is 9.18 Å². The Morgan fingerprint density at radius 1 is 1.12 bits per heavy atom. The Labute approximate surface area is 147 Å². The van der Waals surface area contributed by atoms with Crippen LogP contribution < -0.4 is 14.8 Å². The second kappa shape index (κ2) is 8.87. The summed E-state index contributed by atoms with van der Waals surface area (Å²) in [6.45, 7) is 2.50. The number of ether oxygens (including phenoxy) is 2. The zero-order valence-electron chi connectivity index (χ0n) is 14.6. The normalized spacial score (nSPS) is 10.7. The Bertz CT molecular complexity index is 772. The SMILES string of the molecule is COc1ccc(/C=C/C(=O)NCCc2cc(C)ccc2OC)cc1F. The predicted molar refractivity (Wildman–Crippen MR) is 96.4 cm³/mol. The highest BCUT2D eigenvalue weighted by atomic mass is 19.1. The highest BCUT2D eigenvalue weighted by molar-refractivity contribution is 5.91. The molecule has 0 aliphatic rings. The van der Waals surface area contributed by atoms with E-state index >= 15 is 0 Å². The van der Waals surface area contributed by atoms with Gasteiger partial charge in [0.05, 0.1) is 14.2 Å². The Morgan fingerprint density at radius 3 is 2.52 bits per heavy atom. The Morgan fingerprint density at radius 2 is 1.84 bits per heavy atom. The first kappa shape index (κ1) is 18.5. The van der Waals surface area contributed by atoms with E-state index in [2.05, 4.69) is 5.32 Å². The second-order valence-electron chi connectivity index (χ2n) is 5.58. The lowest BCUT2D eigenvalue weighted by Crippen LogP contribution is -2.23. The van der Waals surface area contributed by atoms with Gasteiger partial charge in [-0.1, -0.05) is 23.8 Å². The molecule has 0 radical (unpaired) electrons. The number of carbonyl (C=O) groups excluding carboxylic acids is 1. The monoisotopic (exact) mass is 343 g/mol.